The van der Waals surface area contributed by atoms with Crippen molar-refractivity contribution >= 4 is 23.3 Å². The Morgan fingerprint density at radius 1 is 0.963 bits per heavy atom. The molecular formula is C17H17F3N4O3. The van der Waals surface area contributed by atoms with Crippen LogP contribution in [0.2, 0.25) is 0 Å². The number of hydroxylamine groups is 1. The van der Waals surface area contributed by atoms with Gasteiger partial charge < -0.3 is 16.4 Å². The van der Waals surface area contributed by atoms with Gasteiger partial charge in [0.2, 0.25) is 0 Å². The quantitative estimate of drug-likeness (QED) is 0.404. The number of halogens is 3. The van der Waals surface area contributed by atoms with Crippen LogP contribution in [-0.4, -0.2) is 23.2 Å². The first-order chi connectivity index (χ1) is 12.7. The first-order valence-corrected chi connectivity index (χ1v) is 7.73. The van der Waals surface area contributed by atoms with E-state index >= 15 is 0 Å². The van der Waals surface area contributed by atoms with Crippen LogP contribution < -0.4 is 21.8 Å². The SMILES string of the molecule is NC(Cc1ccc(NC(=O)Nc2ccc(C(F)(F)F)cc2)cc1)C(=O)NO. The number of rotatable bonds is 5. The van der Waals surface area contributed by atoms with E-state index in [0.29, 0.717) is 11.3 Å². The lowest BCUT2D eigenvalue weighted by Crippen LogP contribution is -2.40. The molecule has 1 unspecified atom stereocenters. The van der Waals surface area contributed by atoms with Crippen LogP contribution in [0.4, 0.5) is 29.3 Å². The highest BCUT2D eigenvalue weighted by Crippen LogP contribution is 2.29. The highest BCUT2D eigenvalue weighted by molar-refractivity contribution is 5.99. The van der Waals surface area contributed by atoms with Crippen LogP contribution in [0.15, 0.2) is 48.5 Å². The second-order valence-electron chi connectivity index (χ2n) is 5.64. The predicted octanol–water partition coefficient (Wildman–Crippen LogP) is 2.72. The number of nitrogens with two attached hydrogens (primary N) is 1. The molecule has 0 saturated heterocycles. The Hall–Kier alpha value is -3.11. The fourth-order valence-corrected chi connectivity index (χ4v) is 2.19. The third kappa shape index (κ3) is 5.97. The van der Waals surface area contributed by atoms with Crippen molar-refractivity contribution in [3.63, 3.8) is 0 Å². The van der Waals surface area contributed by atoms with Crippen LogP contribution >= 0.6 is 0 Å². The van der Waals surface area contributed by atoms with Crippen LogP contribution in [0.3, 0.4) is 0 Å². The summed E-state index contributed by atoms with van der Waals surface area (Å²) in [6, 6.07) is 8.92. The lowest BCUT2D eigenvalue weighted by Gasteiger charge is -2.11. The molecule has 2 aromatic carbocycles. The minimum Gasteiger partial charge on any atom is -0.320 e. The first kappa shape index (κ1) is 20.2. The molecule has 0 radical (unpaired) electrons. The lowest BCUT2D eigenvalue weighted by molar-refractivity contribution is -0.137. The van der Waals surface area contributed by atoms with E-state index < -0.39 is 29.7 Å². The van der Waals surface area contributed by atoms with Gasteiger partial charge in [0.1, 0.15) is 0 Å². The number of carbonyl (C=O) groups excluding carboxylic acids is 2. The molecule has 0 heterocycles. The molecule has 0 fully saturated rings. The van der Waals surface area contributed by atoms with Gasteiger partial charge in [-0.2, -0.15) is 13.2 Å². The predicted molar refractivity (Wildman–Crippen MR) is 92.1 cm³/mol. The van der Waals surface area contributed by atoms with Crippen molar-refractivity contribution in [2.24, 2.45) is 5.73 Å². The molecule has 6 N–H and O–H groups in total. The Morgan fingerprint density at radius 2 is 1.44 bits per heavy atom. The van der Waals surface area contributed by atoms with E-state index in [-0.39, 0.29) is 12.1 Å². The first-order valence-electron chi connectivity index (χ1n) is 7.73. The fourth-order valence-electron chi connectivity index (χ4n) is 2.19. The summed E-state index contributed by atoms with van der Waals surface area (Å²) in [6.07, 6.45) is -4.26. The zero-order valence-electron chi connectivity index (χ0n) is 13.9. The number of alkyl halides is 3. The molecule has 3 amide bonds. The summed E-state index contributed by atoms with van der Waals surface area (Å²) >= 11 is 0. The molecule has 27 heavy (non-hydrogen) atoms. The van der Waals surface area contributed by atoms with Crippen molar-refractivity contribution in [1.82, 2.24) is 5.48 Å². The van der Waals surface area contributed by atoms with Crippen LogP contribution in [0, 0.1) is 0 Å². The van der Waals surface area contributed by atoms with Gasteiger partial charge in [-0.05, 0) is 48.4 Å². The molecule has 0 aliphatic carbocycles. The monoisotopic (exact) mass is 382 g/mol. The van der Waals surface area contributed by atoms with Gasteiger partial charge in [-0.15, -0.1) is 0 Å². The smallest absolute Gasteiger partial charge is 0.320 e. The van der Waals surface area contributed by atoms with E-state index in [9.17, 15) is 22.8 Å². The van der Waals surface area contributed by atoms with Gasteiger partial charge in [-0.1, -0.05) is 12.1 Å². The van der Waals surface area contributed by atoms with Gasteiger partial charge in [0.25, 0.3) is 5.91 Å². The summed E-state index contributed by atoms with van der Waals surface area (Å²) in [5.74, 6) is -0.715. The number of amides is 3. The minimum absolute atomic E-state index is 0.185. The maximum atomic E-state index is 12.5. The Morgan fingerprint density at radius 3 is 1.89 bits per heavy atom. The van der Waals surface area contributed by atoms with Gasteiger partial charge in [-0.3, -0.25) is 10.0 Å². The van der Waals surface area contributed by atoms with E-state index in [0.717, 1.165) is 24.3 Å². The molecule has 0 aromatic heterocycles. The average molecular weight is 382 g/mol. The minimum atomic E-state index is -4.44. The number of benzene rings is 2. The molecule has 0 aliphatic heterocycles. The summed E-state index contributed by atoms with van der Waals surface area (Å²) in [4.78, 5) is 23.1. The van der Waals surface area contributed by atoms with Gasteiger partial charge in [0.05, 0.1) is 11.6 Å². The zero-order valence-corrected chi connectivity index (χ0v) is 13.9. The maximum absolute atomic E-state index is 12.5. The van der Waals surface area contributed by atoms with Crippen molar-refractivity contribution in [2.75, 3.05) is 10.6 Å². The number of nitrogens with one attached hydrogen (secondary N) is 3. The Labute approximate surface area is 152 Å². The van der Waals surface area contributed by atoms with Crippen LogP contribution in [0.5, 0.6) is 0 Å². The normalized spacial score (nSPS) is 12.2. The second-order valence-corrected chi connectivity index (χ2v) is 5.64. The number of hydrogen-bond acceptors (Lipinski definition) is 4. The Balaban J connectivity index is 1.91. The van der Waals surface area contributed by atoms with Crippen molar-refractivity contribution in [3.05, 3.63) is 59.7 Å². The van der Waals surface area contributed by atoms with Crippen molar-refractivity contribution < 1.29 is 28.0 Å². The number of anilines is 2. The molecule has 1 atom stereocenters. The third-order valence-electron chi connectivity index (χ3n) is 3.58. The van der Waals surface area contributed by atoms with Crippen LogP contribution in [0.25, 0.3) is 0 Å². The van der Waals surface area contributed by atoms with Crippen molar-refractivity contribution in [1.29, 1.82) is 0 Å². The topological polar surface area (TPSA) is 116 Å². The highest BCUT2D eigenvalue weighted by Gasteiger charge is 2.29. The van der Waals surface area contributed by atoms with Crippen LogP contribution in [-0.2, 0) is 17.4 Å². The number of carbonyl (C=O) groups is 2. The standard InChI is InChI=1S/C17H17F3N4O3/c18-17(19,20)11-3-7-13(8-4-11)23-16(26)22-12-5-1-10(2-6-12)9-14(21)15(25)24-27/h1-8,14,27H,9,21H2,(H,24,25)(H2,22,23,26). The molecular weight excluding hydrogens is 365 g/mol. The summed E-state index contributed by atoms with van der Waals surface area (Å²) in [5, 5.41) is 13.5. The van der Waals surface area contributed by atoms with Crippen LogP contribution in [0.1, 0.15) is 11.1 Å². The Bertz CT molecular complexity index is 793. The highest BCUT2D eigenvalue weighted by atomic mass is 19.4. The Kier molecular flexibility index (Phi) is 6.37. The van der Waals surface area contributed by atoms with E-state index in [2.05, 4.69) is 10.6 Å². The van der Waals surface area contributed by atoms with Gasteiger partial charge in [0, 0.05) is 11.4 Å². The van der Waals surface area contributed by atoms with E-state index in [1.54, 1.807) is 24.3 Å². The molecule has 0 aliphatic rings. The molecule has 144 valence electrons. The van der Waals surface area contributed by atoms with E-state index in [1.165, 1.54) is 5.48 Å². The summed E-state index contributed by atoms with van der Waals surface area (Å²) in [5.41, 5.74) is 7.59. The third-order valence-corrected chi connectivity index (χ3v) is 3.58. The van der Waals surface area contributed by atoms with Gasteiger partial charge in [-0.25, -0.2) is 10.3 Å². The zero-order chi connectivity index (χ0) is 20.0. The molecule has 0 spiro atoms. The summed E-state index contributed by atoms with van der Waals surface area (Å²) in [6.45, 7) is 0. The molecule has 0 bridgehead atoms. The number of urea groups is 1. The fraction of sp³-hybridized carbons (Fsp3) is 0.176. The molecule has 10 heteroatoms. The summed E-state index contributed by atoms with van der Waals surface area (Å²) in [7, 11) is 0. The molecule has 2 aromatic rings. The number of hydrogen-bond donors (Lipinski definition) is 5. The lowest BCUT2D eigenvalue weighted by atomic mass is 10.1. The van der Waals surface area contributed by atoms with E-state index in [4.69, 9.17) is 10.9 Å². The largest absolute Gasteiger partial charge is 0.416 e. The summed E-state index contributed by atoms with van der Waals surface area (Å²) < 4.78 is 37.5. The molecule has 2 rings (SSSR count). The van der Waals surface area contributed by atoms with E-state index in [1.807, 2.05) is 0 Å². The second kappa shape index (κ2) is 8.52. The average Bonchev–Trinajstić information content (AvgIpc) is 2.62. The molecule has 7 nitrogen and oxygen atoms in total. The van der Waals surface area contributed by atoms with Gasteiger partial charge in [0.15, 0.2) is 0 Å². The van der Waals surface area contributed by atoms with Crippen molar-refractivity contribution in [2.45, 2.75) is 18.6 Å². The maximum Gasteiger partial charge on any atom is 0.416 e. The molecule has 0 saturated carbocycles. The van der Waals surface area contributed by atoms with Crippen molar-refractivity contribution in [3.8, 4) is 0 Å². The van der Waals surface area contributed by atoms with Gasteiger partial charge >= 0.3 is 12.2 Å².